The van der Waals surface area contributed by atoms with E-state index in [4.69, 9.17) is 4.74 Å². The third-order valence-corrected chi connectivity index (χ3v) is 5.51. The summed E-state index contributed by atoms with van der Waals surface area (Å²) in [5.41, 5.74) is 0. The Morgan fingerprint density at radius 3 is 2.90 bits per heavy atom. The topological polar surface area (TPSA) is 73.9 Å². The molecule has 2 aliphatic heterocycles. The first-order chi connectivity index (χ1) is 14.4. The van der Waals surface area contributed by atoms with Gasteiger partial charge in [0.1, 0.15) is 11.6 Å². The molecular weight excluding hydrogens is 387 g/mol. The summed E-state index contributed by atoms with van der Waals surface area (Å²) in [5.74, 6) is 0.804. The molecule has 7 nitrogen and oxygen atoms in total. The van der Waals surface area contributed by atoms with Crippen molar-refractivity contribution in [2.45, 2.75) is 20.3 Å². The van der Waals surface area contributed by atoms with Gasteiger partial charge in [-0.3, -0.25) is 4.79 Å². The fourth-order valence-corrected chi connectivity index (χ4v) is 4.23. The molecule has 0 spiro atoms. The fourth-order valence-electron chi connectivity index (χ4n) is 4.23. The minimum absolute atomic E-state index is 0.0267. The van der Waals surface area contributed by atoms with Crippen LogP contribution < -0.4 is 15.4 Å². The van der Waals surface area contributed by atoms with E-state index in [1.54, 1.807) is 17.0 Å². The van der Waals surface area contributed by atoms with Crippen LogP contribution in [0.25, 0.3) is 0 Å². The molecule has 2 atom stereocenters. The summed E-state index contributed by atoms with van der Waals surface area (Å²) < 4.78 is 19.2. The van der Waals surface area contributed by atoms with Crippen molar-refractivity contribution in [1.29, 1.82) is 0 Å². The molecule has 2 aliphatic rings. The summed E-state index contributed by atoms with van der Waals surface area (Å²) in [4.78, 5) is 28.4. The molecule has 0 saturated carbocycles. The lowest BCUT2D eigenvalue weighted by molar-refractivity contribution is -0.127. The zero-order chi connectivity index (χ0) is 21.5. The van der Waals surface area contributed by atoms with Crippen LogP contribution in [0.2, 0.25) is 0 Å². The molecular formula is C22H33FN4O3. The maximum atomic E-state index is 13.4. The molecule has 0 radical (unpaired) electrons. The first kappa shape index (κ1) is 22.3. The van der Waals surface area contributed by atoms with Gasteiger partial charge in [0.25, 0.3) is 0 Å². The molecule has 3 amide bonds. The van der Waals surface area contributed by atoms with E-state index in [0.29, 0.717) is 44.5 Å². The highest BCUT2D eigenvalue weighted by atomic mass is 19.1. The summed E-state index contributed by atoms with van der Waals surface area (Å²) in [5, 5.41) is 5.76. The maximum absolute atomic E-state index is 13.4. The molecule has 0 unspecified atom stereocenters. The third-order valence-electron chi connectivity index (χ3n) is 5.51. The number of likely N-dealkylation sites (tertiary alicyclic amines) is 1. The average Bonchev–Trinajstić information content (AvgIpc) is 3.10. The van der Waals surface area contributed by atoms with Gasteiger partial charge in [-0.15, -0.1) is 0 Å². The van der Waals surface area contributed by atoms with Crippen molar-refractivity contribution in [1.82, 2.24) is 20.4 Å². The lowest BCUT2D eigenvalue weighted by Crippen LogP contribution is -2.49. The van der Waals surface area contributed by atoms with Gasteiger partial charge in [-0.2, -0.15) is 0 Å². The van der Waals surface area contributed by atoms with Gasteiger partial charge in [-0.05, 0) is 24.5 Å². The number of benzene rings is 1. The van der Waals surface area contributed by atoms with Crippen molar-refractivity contribution < 1.29 is 18.7 Å². The molecule has 166 valence electrons. The first-order valence-electron chi connectivity index (χ1n) is 10.8. The molecule has 0 aliphatic carbocycles. The van der Waals surface area contributed by atoms with Gasteiger partial charge in [0.15, 0.2) is 0 Å². The Hall–Kier alpha value is -2.35. The van der Waals surface area contributed by atoms with Crippen LogP contribution >= 0.6 is 0 Å². The fraction of sp³-hybridized carbons (Fsp3) is 0.636. The number of piperidine rings is 1. The molecule has 2 heterocycles. The van der Waals surface area contributed by atoms with Crippen LogP contribution in [0.1, 0.15) is 20.3 Å². The van der Waals surface area contributed by atoms with Crippen molar-refractivity contribution >= 4 is 11.9 Å². The van der Waals surface area contributed by atoms with E-state index in [0.717, 1.165) is 26.1 Å². The van der Waals surface area contributed by atoms with Gasteiger partial charge in [0.2, 0.25) is 5.91 Å². The van der Waals surface area contributed by atoms with E-state index < -0.39 is 0 Å². The Morgan fingerprint density at radius 2 is 2.20 bits per heavy atom. The SMILES string of the molecule is CC(C)CN1C[C@@H](COc2cccc(F)c2)C[C@@H](C(=O)NCCN2CCNC2=O)C1. The Morgan fingerprint density at radius 1 is 1.37 bits per heavy atom. The Balaban J connectivity index is 1.52. The summed E-state index contributed by atoms with van der Waals surface area (Å²) in [6, 6.07) is 6.08. The van der Waals surface area contributed by atoms with E-state index in [9.17, 15) is 14.0 Å². The zero-order valence-corrected chi connectivity index (χ0v) is 17.9. The normalized spacial score (nSPS) is 22.3. The monoisotopic (exact) mass is 420 g/mol. The zero-order valence-electron chi connectivity index (χ0n) is 17.9. The van der Waals surface area contributed by atoms with Crippen molar-refractivity contribution in [3.8, 4) is 5.75 Å². The van der Waals surface area contributed by atoms with Crippen molar-refractivity contribution in [3.05, 3.63) is 30.1 Å². The number of hydrogen-bond acceptors (Lipinski definition) is 4. The van der Waals surface area contributed by atoms with E-state index in [1.165, 1.54) is 12.1 Å². The number of amides is 3. The van der Waals surface area contributed by atoms with Crippen LogP contribution in [0, 0.1) is 23.6 Å². The van der Waals surface area contributed by atoms with Crippen molar-refractivity contribution in [2.24, 2.45) is 17.8 Å². The second-order valence-corrected chi connectivity index (χ2v) is 8.69. The lowest BCUT2D eigenvalue weighted by atomic mass is 9.88. The number of rotatable bonds is 9. The van der Waals surface area contributed by atoms with Crippen LogP contribution in [0.5, 0.6) is 5.75 Å². The lowest BCUT2D eigenvalue weighted by Gasteiger charge is -2.38. The quantitative estimate of drug-likeness (QED) is 0.640. The van der Waals surface area contributed by atoms with Gasteiger partial charge in [0, 0.05) is 57.8 Å². The van der Waals surface area contributed by atoms with Gasteiger partial charge in [-0.1, -0.05) is 19.9 Å². The van der Waals surface area contributed by atoms with E-state index in [1.807, 2.05) is 0 Å². The predicted octanol–water partition coefficient (Wildman–Crippen LogP) is 1.94. The molecule has 0 bridgehead atoms. The number of urea groups is 1. The van der Waals surface area contributed by atoms with E-state index in [-0.39, 0.29) is 29.6 Å². The number of carbonyl (C=O) groups is 2. The third kappa shape index (κ3) is 6.58. The molecule has 3 rings (SSSR count). The first-order valence-corrected chi connectivity index (χ1v) is 10.8. The standard InChI is InChI=1S/C22H33FN4O3/c1-16(2)12-26-13-17(15-30-20-5-3-4-19(23)11-20)10-18(14-26)21(28)24-6-8-27-9-7-25-22(27)29/h3-5,11,16-18H,6-10,12-15H2,1-2H3,(H,24,28)(H,25,29)/t17-,18+/m0/s1. The Bertz CT molecular complexity index is 730. The second-order valence-electron chi connectivity index (χ2n) is 8.69. The summed E-state index contributed by atoms with van der Waals surface area (Å²) in [6.07, 6.45) is 0.736. The summed E-state index contributed by atoms with van der Waals surface area (Å²) in [7, 11) is 0. The highest BCUT2D eigenvalue weighted by Crippen LogP contribution is 2.24. The maximum Gasteiger partial charge on any atom is 0.317 e. The molecule has 2 N–H and O–H groups in total. The van der Waals surface area contributed by atoms with Crippen molar-refractivity contribution in [3.63, 3.8) is 0 Å². The smallest absolute Gasteiger partial charge is 0.317 e. The summed E-state index contributed by atoms with van der Waals surface area (Å²) >= 11 is 0. The number of ether oxygens (including phenoxy) is 1. The number of nitrogens with one attached hydrogen (secondary N) is 2. The molecule has 2 fully saturated rings. The van der Waals surface area contributed by atoms with Crippen LogP contribution in [0.15, 0.2) is 24.3 Å². The average molecular weight is 421 g/mol. The number of halogens is 1. The summed E-state index contributed by atoms with van der Waals surface area (Å²) in [6.45, 7) is 9.63. The molecule has 0 aromatic heterocycles. The van der Waals surface area contributed by atoms with Crippen molar-refractivity contribution in [2.75, 3.05) is 52.4 Å². The number of carbonyl (C=O) groups excluding carboxylic acids is 2. The van der Waals surface area contributed by atoms with Gasteiger partial charge < -0.3 is 25.2 Å². The largest absolute Gasteiger partial charge is 0.493 e. The minimum Gasteiger partial charge on any atom is -0.493 e. The second kappa shape index (κ2) is 10.6. The predicted molar refractivity (Wildman–Crippen MR) is 113 cm³/mol. The van der Waals surface area contributed by atoms with Crippen LogP contribution in [-0.4, -0.2) is 74.2 Å². The number of nitrogens with zero attached hydrogens (tertiary/aromatic N) is 2. The molecule has 30 heavy (non-hydrogen) atoms. The number of hydrogen-bond donors (Lipinski definition) is 2. The highest BCUT2D eigenvalue weighted by Gasteiger charge is 2.32. The van der Waals surface area contributed by atoms with Gasteiger partial charge in [-0.25, -0.2) is 9.18 Å². The van der Waals surface area contributed by atoms with Crippen LogP contribution in [0.3, 0.4) is 0 Å². The molecule has 2 saturated heterocycles. The molecule has 1 aromatic carbocycles. The van der Waals surface area contributed by atoms with Crippen LogP contribution in [-0.2, 0) is 4.79 Å². The minimum atomic E-state index is -0.318. The Labute approximate surface area is 177 Å². The van der Waals surface area contributed by atoms with E-state index in [2.05, 4.69) is 29.4 Å². The Kier molecular flexibility index (Phi) is 7.90. The van der Waals surface area contributed by atoms with E-state index >= 15 is 0 Å². The highest BCUT2D eigenvalue weighted by molar-refractivity contribution is 5.79. The molecule has 8 heteroatoms. The van der Waals surface area contributed by atoms with Gasteiger partial charge in [0.05, 0.1) is 12.5 Å². The van der Waals surface area contributed by atoms with Crippen LogP contribution in [0.4, 0.5) is 9.18 Å². The van der Waals surface area contributed by atoms with Gasteiger partial charge >= 0.3 is 6.03 Å². The molecule has 1 aromatic rings.